The summed E-state index contributed by atoms with van der Waals surface area (Å²) in [4.78, 5) is 19.9. The number of amides is 1. The summed E-state index contributed by atoms with van der Waals surface area (Å²) in [6, 6.07) is 9.59. The van der Waals surface area contributed by atoms with Gasteiger partial charge < -0.3 is 14.4 Å². The van der Waals surface area contributed by atoms with Gasteiger partial charge in [-0.25, -0.2) is 9.50 Å². The standard InChI is InChI=1S/C22H24N4O3/c1-13-10-21-23-12-16-17-9-8-15(11-18(16)26(21)24-13)25(17)22(27)14(2)29-20-7-5-4-6-19(20)28-3/h4-7,10,12,14-15,17H,8-9,11H2,1-3H3/t14-,15-,17-/m0/s1. The Hall–Kier alpha value is -3.09. The number of nitrogens with zero attached hydrogens (tertiary/aromatic N) is 4. The van der Waals surface area contributed by atoms with Crippen molar-refractivity contribution >= 4 is 11.6 Å². The molecule has 2 bridgehead atoms. The minimum absolute atomic E-state index is 0.00537. The predicted molar refractivity (Wildman–Crippen MR) is 107 cm³/mol. The minimum Gasteiger partial charge on any atom is -0.493 e. The Bertz CT molecular complexity index is 1090. The van der Waals surface area contributed by atoms with Gasteiger partial charge in [0.15, 0.2) is 23.3 Å². The number of rotatable bonds is 4. The molecule has 3 atom stereocenters. The van der Waals surface area contributed by atoms with Crippen molar-refractivity contribution in [2.24, 2.45) is 0 Å². The van der Waals surface area contributed by atoms with Gasteiger partial charge in [0.25, 0.3) is 5.91 Å². The maximum absolute atomic E-state index is 13.4. The molecule has 1 fully saturated rings. The smallest absolute Gasteiger partial charge is 0.264 e. The Labute approximate surface area is 169 Å². The number of hydrogen-bond donors (Lipinski definition) is 0. The van der Waals surface area contributed by atoms with Gasteiger partial charge >= 0.3 is 0 Å². The normalized spacial score (nSPS) is 21.1. The number of methoxy groups -OCH3 is 1. The highest BCUT2D eigenvalue weighted by Gasteiger charge is 2.45. The summed E-state index contributed by atoms with van der Waals surface area (Å²) in [6.45, 7) is 3.78. The van der Waals surface area contributed by atoms with Crippen LogP contribution < -0.4 is 9.47 Å². The summed E-state index contributed by atoms with van der Waals surface area (Å²) in [5.41, 5.74) is 4.11. The fourth-order valence-corrected chi connectivity index (χ4v) is 4.70. The van der Waals surface area contributed by atoms with E-state index in [0.29, 0.717) is 11.5 Å². The number of carbonyl (C=O) groups excluding carboxylic acids is 1. The van der Waals surface area contributed by atoms with E-state index >= 15 is 0 Å². The summed E-state index contributed by atoms with van der Waals surface area (Å²) in [5.74, 6) is 1.21. The predicted octanol–water partition coefficient (Wildman–Crippen LogP) is 3.10. The van der Waals surface area contributed by atoms with E-state index in [1.807, 2.05) is 59.8 Å². The molecule has 5 rings (SSSR count). The zero-order chi connectivity index (χ0) is 20.1. The molecule has 1 amide bonds. The van der Waals surface area contributed by atoms with Gasteiger partial charge in [-0.15, -0.1) is 0 Å². The number of ether oxygens (including phenoxy) is 2. The lowest BCUT2D eigenvalue weighted by molar-refractivity contribution is -0.141. The van der Waals surface area contributed by atoms with Crippen LogP contribution in [-0.4, -0.2) is 44.7 Å². The molecule has 0 radical (unpaired) electrons. The lowest BCUT2D eigenvalue weighted by Crippen LogP contribution is -2.47. The van der Waals surface area contributed by atoms with E-state index in [4.69, 9.17) is 9.47 Å². The van der Waals surface area contributed by atoms with Crippen molar-refractivity contribution in [3.05, 3.63) is 53.5 Å². The molecule has 2 aliphatic heterocycles. The van der Waals surface area contributed by atoms with Crippen LogP contribution in [0.4, 0.5) is 0 Å². The van der Waals surface area contributed by atoms with Crippen LogP contribution in [-0.2, 0) is 11.2 Å². The molecular weight excluding hydrogens is 368 g/mol. The Morgan fingerprint density at radius 1 is 1.24 bits per heavy atom. The summed E-state index contributed by atoms with van der Waals surface area (Å²) >= 11 is 0. The first-order valence-electron chi connectivity index (χ1n) is 10.0. The molecule has 0 unspecified atom stereocenters. The third kappa shape index (κ3) is 2.84. The largest absolute Gasteiger partial charge is 0.493 e. The van der Waals surface area contributed by atoms with Crippen LogP contribution in [0.2, 0.25) is 0 Å². The average molecular weight is 392 g/mol. The van der Waals surface area contributed by atoms with Crippen molar-refractivity contribution in [1.29, 1.82) is 0 Å². The van der Waals surface area contributed by atoms with E-state index in [1.165, 1.54) is 5.69 Å². The van der Waals surface area contributed by atoms with Crippen LogP contribution >= 0.6 is 0 Å². The number of aryl methyl sites for hydroxylation is 1. The Balaban J connectivity index is 1.43. The molecule has 0 spiro atoms. The lowest BCUT2D eigenvalue weighted by atomic mass is 9.98. The quantitative estimate of drug-likeness (QED) is 0.682. The van der Waals surface area contributed by atoms with Crippen LogP contribution in [0.25, 0.3) is 5.65 Å². The third-order valence-corrected chi connectivity index (χ3v) is 6.00. The third-order valence-electron chi connectivity index (χ3n) is 6.00. The van der Waals surface area contributed by atoms with Gasteiger partial charge in [0.1, 0.15) is 0 Å². The van der Waals surface area contributed by atoms with Crippen LogP contribution in [0, 0.1) is 6.92 Å². The first-order valence-corrected chi connectivity index (χ1v) is 10.0. The van der Waals surface area contributed by atoms with Crippen LogP contribution in [0.1, 0.15) is 42.8 Å². The highest BCUT2D eigenvalue weighted by molar-refractivity contribution is 5.82. The summed E-state index contributed by atoms with van der Waals surface area (Å²) in [6.07, 6.45) is 4.04. The van der Waals surface area contributed by atoms with Crippen LogP contribution in [0.3, 0.4) is 0 Å². The summed E-state index contributed by atoms with van der Waals surface area (Å²) < 4.78 is 13.3. The van der Waals surface area contributed by atoms with Gasteiger partial charge in [-0.2, -0.15) is 5.10 Å². The first-order chi connectivity index (χ1) is 14.1. The maximum atomic E-state index is 13.4. The van der Waals surface area contributed by atoms with E-state index < -0.39 is 6.10 Å². The van der Waals surface area contributed by atoms with Crippen LogP contribution in [0.15, 0.2) is 36.5 Å². The van der Waals surface area contributed by atoms with Gasteiger partial charge in [0.05, 0.1) is 24.5 Å². The van der Waals surface area contributed by atoms with Crippen molar-refractivity contribution in [3.8, 4) is 11.5 Å². The second kappa shape index (κ2) is 6.76. The van der Waals surface area contributed by atoms with Crippen molar-refractivity contribution in [3.63, 3.8) is 0 Å². The van der Waals surface area contributed by atoms with Crippen molar-refractivity contribution in [2.75, 3.05) is 7.11 Å². The Morgan fingerprint density at radius 2 is 2.03 bits per heavy atom. The second-order valence-corrected chi connectivity index (χ2v) is 7.82. The Morgan fingerprint density at radius 3 is 2.83 bits per heavy atom. The average Bonchev–Trinajstić information content (AvgIpc) is 3.26. The molecule has 0 N–H and O–H groups in total. The molecule has 4 heterocycles. The molecule has 2 aromatic heterocycles. The fraction of sp³-hybridized carbons (Fsp3) is 0.409. The van der Waals surface area contributed by atoms with Crippen molar-refractivity contribution in [2.45, 2.75) is 51.3 Å². The van der Waals surface area contributed by atoms with Gasteiger partial charge in [0.2, 0.25) is 0 Å². The van der Waals surface area contributed by atoms with Gasteiger partial charge in [-0.3, -0.25) is 4.79 Å². The van der Waals surface area contributed by atoms with Gasteiger partial charge in [0, 0.05) is 30.3 Å². The zero-order valence-corrected chi connectivity index (χ0v) is 16.8. The molecule has 1 aromatic carbocycles. The molecule has 150 valence electrons. The highest BCUT2D eigenvalue weighted by Crippen LogP contribution is 2.44. The van der Waals surface area contributed by atoms with E-state index in [1.54, 1.807) is 7.11 Å². The maximum Gasteiger partial charge on any atom is 0.264 e. The van der Waals surface area contributed by atoms with E-state index in [0.717, 1.165) is 36.2 Å². The van der Waals surface area contributed by atoms with Gasteiger partial charge in [-0.1, -0.05) is 12.1 Å². The van der Waals surface area contributed by atoms with Crippen LogP contribution in [0.5, 0.6) is 11.5 Å². The number of fused-ring (bicyclic) bond motifs is 6. The second-order valence-electron chi connectivity index (χ2n) is 7.82. The van der Waals surface area contributed by atoms with E-state index in [-0.39, 0.29) is 18.0 Å². The lowest BCUT2D eigenvalue weighted by Gasteiger charge is -2.37. The van der Waals surface area contributed by atoms with Crippen molar-refractivity contribution < 1.29 is 14.3 Å². The molecule has 1 saturated heterocycles. The van der Waals surface area contributed by atoms with E-state index in [2.05, 4.69) is 10.1 Å². The minimum atomic E-state index is -0.598. The molecule has 3 aromatic rings. The van der Waals surface area contributed by atoms with E-state index in [9.17, 15) is 4.79 Å². The first kappa shape index (κ1) is 18.0. The molecule has 7 nitrogen and oxygen atoms in total. The zero-order valence-electron chi connectivity index (χ0n) is 16.8. The molecule has 29 heavy (non-hydrogen) atoms. The van der Waals surface area contributed by atoms with Crippen molar-refractivity contribution in [1.82, 2.24) is 19.5 Å². The topological polar surface area (TPSA) is 69.0 Å². The molecule has 7 heteroatoms. The highest BCUT2D eigenvalue weighted by atomic mass is 16.5. The number of para-hydroxylation sites is 2. The molecule has 0 aliphatic carbocycles. The number of benzene rings is 1. The monoisotopic (exact) mass is 392 g/mol. The fourth-order valence-electron chi connectivity index (χ4n) is 4.70. The number of carbonyl (C=O) groups is 1. The Kier molecular flexibility index (Phi) is 4.19. The number of aromatic nitrogens is 3. The molecule has 0 saturated carbocycles. The summed E-state index contributed by atoms with van der Waals surface area (Å²) in [7, 11) is 1.60. The summed E-state index contributed by atoms with van der Waals surface area (Å²) in [5, 5.41) is 4.62. The van der Waals surface area contributed by atoms with Gasteiger partial charge in [-0.05, 0) is 38.8 Å². The molecular formula is C22H24N4O3. The number of hydrogen-bond acceptors (Lipinski definition) is 5. The molecule has 2 aliphatic rings. The SMILES string of the molecule is COc1ccccc1O[C@@H](C)C(=O)N1[C@H]2CC[C@H]1c1cnc3cc(C)nn3c1C2.